The second-order valence-corrected chi connectivity index (χ2v) is 3.11. The van der Waals surface area contributed by atoms with Crippen LogP contribution in [0.5, 0.6) is 0 Å². The van der Waals surface area contributed by atoms with E-state index in [0.717, 1.165) is 5.30 Å². The highest BCUT2D eigenvalue weighted by molar-refractivity contribution is 7.27. The summed E-state index contributed by atoms with van der Waals surface area (Å²) in [6, 6.07) is 4.85. The second-order valence-electron chi connectivity index (χ2n) is 2.49. The summed E-state index contributed by atoms with van der Waals surface area (Å²) >= 11 is 0. The summed E-state index contributed by atoms with van der Waals surface area (Å²) in [5.74, 6) is -0.290. The van der Waals surface area contributed by atoms with Crippen LogP contribution in [0.3, 0.4) is 0 Å². The van der Waals surface area contributed by atoms with E-state index in [0.29, 0.717) is 17.5 Å². The predicted molar refractivity (Wildman–Crippen MR) is 49.8 cm³/mol. The van der Waals surface area contributed by atoms with Crippen LogP contribution in [0.4, 0.5) is 4.39 Å². The molecule has 62 valence electrons. The molecule has 0 radical (unpaired) electrons. The number of hydrogen-bond donors (Lipinski definition) is 0. The Hall–Kier alpha value is -0.930. The first kappa shape index (κ1) is 9.16. The molecular formula is C9H9FNP. The van der Waals surface area contributed by atoms with Crippen molar-refractivity contribution in [1.82, 2.24) is 0 Å². The third-order valence-electron chi connectivity index (χ3n) is 1.71. The van der Waals surface area contributed by atoms with Crippen LogP contribution in [-0.4, -0.2) is 0 Å². The van der Waals surface area contributed by atoms with Crippen LogP contribution in [0.1, 0.15) is 18.1 Å². The largest absolute Gasteiger partial charge is 0.207 e. The molecule has 0 fully saturated rings. The van der Waals surface area contributed by atoms with E-state index < -0.39 is 0 Å². The van der Waals surface area contributed by atoms with E-state index in [2.05, 4.69) is 9.24 Å². The van der Waals surface area contributed by atoms with Gasteiger partial charge in [-0.05, 0) is 29.4 Å². The van der Waals surface area contributed by atoms with Gasteiger partial charge in [0.15, 0.2) is 0 Å². The standard InChI is InChI=1S/C9H9FNP/c1-2-7-8(10)3-6(5-11)4-9(7)12/h3-4H,2,12H2,1H3. The Labute approximate surface area is 73.4 Å². The van der Waals surface area contributed by atoms with Crippen molar-refractivity contribution >= 4 is 14.5 Å². The molecule has 1 aromatic carbocycles. The highest BCUT2D eigenvalue weighted by Crippen LogP contribution is 2.10. The molecule has 0 aliphatic carbocycles. The van der Waals surface area contributed by atoms with Crippen LogP contribution in [-0.2, 0) is 6.42 Å². The van der Waals surface area contributed by atoms with E-state index in [-0.39, 0.29) is 5.82 Å². The molecule has 1 unspecified atom stereocenters. The molecule has 0 aliphatic rings. The molecule has 0 saturated heterocycles. The molecule has 0 bridgehead atoms. The molecular weight excluding hydrogens is 172 g/mol. The lowest BCUT2D eigenvalue weighted by molar-refractivity contribution is 0.613. The van der Waals surface area contributed by atoms with Crippen molar-refractivity contribution in [1.29, 1.82) is 5.26 Å². The molecule has 3 heteroatoms. The smallest absolute Gasteiger partial charge is 0.128 e. The number of nitrogens with zero attached hydrogens (tertiary/aromatic N) is 1. The minimum absolute atomic E-state index is 0.290. The summed E-state index contributed by atoms with van der Waals surface area (Å²) in [5.41, 5.74) is 1.04. The van der Waals surface area contributed by atoms with E-state index in [1.54, 1.807) is 6.07 Å². The minimum Gasteiger partial charge on any atom is -0.207 e. The second kappa shape index (κ2) is 3.65. The van der Waals surface area contributed by atoms with Crippen molar-refractivity contribution < 1.29 is 4.39 Å². The summed E-state index contributed by atoms with van der Waals surface area (Å²) < 4.78 is 13.1. The summed E-state index contributed by atoms with van der Waals surface area (Å²) in [6.45, 7) is 1.89. The molecule has 1 nitrogen and oxygen atoms in total. The zero-order chi connectivity index (χ0) is 9.14. The highest BCUT2D eigenvalue weighted by atomic mass is 31.0. The van der Waals surface area contributed by atoms with Gasteiger partial charge in [0.1, 0.15) is 5.82 Å². The molecule has 0 saturated carbocycles. The molecule has 0 aromatic heterocycles. The highest BCUT2D eigenvalue weighted by Gasteiger charge is 2.05. The van der Waals surface area contributed by atoms with Crippen LogP contribution in [0.15, 0.2) is 12.1 Å². The topological polar surface area (TPSA) is 23.8 Å². The van der Waals surface area contributed by atoms with E-state index in [1.807, 2.05) is 13.0 Å². The van der Waals surface area contributed by atoms with Gasteiger partial charge in [0.2, 0.25) is 0 Å². The molecule has 0 amide bonds. The maximum absolute atomic E-state index is 13.1. The summed E-state index contributed by atoms with van der Waals surface area (Å²) in [7, 11) is 2.44. The zero-order valence-electron chi connectivity index (χ0n) is 6.76. The van der Waals surface area contributed by atoms with E-state index in [4.69, 9.17) is 5.26 Å². The molecule has 1 aromatic rings. The van der Waals surface area contributed by atoms with Crippen LogP contribution in [0.2, 0.25) is 0 Å². The third kappa shape index (κ3) is 1.62. The van der Waals surface area contributed by atoms with Crippen LogP contribution in [0.25, 0.3) is 0 Å². The van der Waals surface area contributed by atoms with Gasteiger partial charge in [0, 0.05) is 0 Å². The molecule has 0 N–H and O–H groups in total. The van der Waals surface area contributed by atoms with Gasteiger partial charge in [-0.15, -0.1) is 9.24 Å². The van der Waals surface area contributed by atoms with Crippen LogP contribution < -0.4 is 5.30 Å². The Bertz CT molecular complexity index is 318. The van der Waals surface area contributed by atoms with Gasteiger partial charge in [-0.2, -0.15) is 5.26 Å². The van der Waals surface area contributed by atoms with E-state index >= 15 is 0 Å². The molecule has 1 rings (SSSR count). The van der Waals surface area contributed by atoms with Gasteiger partial charge < -0.3 is 0 Å². The lowest BCUT2D eigenvalue weighted by atomic mass is 10.1. The fourth-order valence-corrected chi connectivity index (χ4v) is 1.62. The van der Waals surface area contributed by atoms with Crippen molar-refractivity contribution in [3.8, 4) is 6.07 Å². The summed E-state index contributed by atoms with van der Waals surface area (Å²) in [4.78, 5) is 0. The molecule has 0 aliphatic heterocycles. The Morgan fingerprint density at radius 3 is 2.67 bits per heavy atom. The maximum atomic E-state index is 13.1. The fourth-order valence-electron chi connectivity index (χ4n) is 1.10. The minimum atomic E-state index is -0.290. The summed E-state index contributed by atoms with van der Waals surface area (Å²) in [6.07, 6.45) is 0.649. The first-order valence-electron chi connectivity index (χ1n) is 3.67. The Morgan fingerprint density at radius 1 is 1.58 bits per heavy atom. The van der Waals surface area contributed by atoms with Gasteiger partial charge in [-0.3, -0.25) is 0 Å². The molecule has 0 heterocycles. The SMILES string of the molecule is CCc1c(F)cc(C#N)cc1P. The number of halogens is 1. The van der Waals surface area contributed by atoms with Gasteiger partial charge >= 0.3 is 0 Å². The Kier molecular flexibility index (Phi) is 2.78. The average Bonchev–Trinajstić information content (AvgIpc) is 2.03. The first-order valence-corrected chi connectivity index (χ1v) is 4.24. The van der Waals surface area contributed by atoms with Crippen molar-refractivity contribution in [3.63, 3.8) is 0 Å². The monoisotopic (exact) mass is 181 g/mol. The van der Waals surface area contributed by atoms with E-state index in [1.165, 1.54) is 6.07 Å². The molecule has 1 atom stereocenters. The van der Waals surface area contributed by atoms with Gasteiger partial charge in [0.05, 0.1) is 11.6 Å². The van der Waals surface area contributed by atoms with Crippen molar-refractivity contribution in [2.24, 2.45) is 0 Å². The normalized spacial score (nSPS) is 9.50. The predicted octanol–water partition coefficient (Wildman–Crippen LogP) is 1.76. The first-order chi connectivity index (χ1) is 5.69. The van der Waals surface area contributed by atoms with Crippen LogP contribution in [0, 0.1) is 17.1 Å². The fraction of sp³-hybridized carbons (Fsp3) is 0.222. The lowest BCUT2D eigenvalue weighted by Crippen LogP contribution is -2.05. The maximum Gasteiger partial charge on any atom is 0.128 e. The number of rotatable bonds is 1. The van der Waals surface area contributed by atoms with Crippen molar-refractivity contribution in [3.05, 3.63) is 29.1 Å². The summed E-state index contributed by atoms with van der Waals surface area (Å²) in [5, 5.41) is 9.30. The third-order valence-corrected chi connectivity index (χ3v) is 2.23. The molecule has 0 spiro atoms. The number of hydrogen-bond acceptors (Lipinski definition) is 1. The molecule has 12 heavy (non-hydrogen) atoms. The number of benzene rings is 1. The quantitative estimate of drug-likeness (QED) is 0.605. The van der Waals surface area contributed by atoms with Gasteiger partial charge in [-0.1, -0.05) is 6.92 Å². The van der Waals surface area contributed by atoms with Crippen molar-refractivity contribution in [2.75, 3.05) is 0 Å². The van der Waals surface area contributed by atoms with Gasteiger partial charge in [-0.25, -0.2) is 4.39 Å². The zero-order valence-corrected chi connectivity index (χ0v) is 7.92. The van der Waals surface area contributed by atoms with E-state index in [9.17, 15) is 4.39 Å². The average molecular weight is 181 g/mol. The Balaban J connectivity index is 3.30. The number of nitriles is 1. The van der Waals surface area contributed by atoms with Crippen LogP contribution >= 0.6 is 9.24 Å². The lowest BCUT2D eigenvalue weighted by Gasteiger charge is -2.03. The van der Waals surface area contributed by atoms with Crippen molar-refractivity contribution in [2.45, 2.75) is 13.3 Å². The van der Waals surface area contributed by atoms with Gasteiger partial charge in [0.25, 0.3) is 0 Å². The Morgan fingerprint density at radius 2 is 2.25 bits per heavy atom.